The first kappa shape index (κ1) is 50.0. The van der Waals surface area contributed by atoms with Gasteiger partial charge in [0.15, 0.2) is 12.6 Å². The van der Waals surface area contributed by atoms with E-state index in [1.54, 1.807) is 0 Å². The van der Waals surface area contributed by atoms with Crippen molar-refractivity contribution in [1.82, 2.24) is 0 Å². The fourth-order valence-electron chi connectivity index (χ4n) is 14.7. The molecule has 18 heteroatoms. The molecule has 5 aliphatic carbocycles. The molecule has 0 aromatic carbocycles. The summed E-state index contributed by atoms with van der Waals surface area (Å²) in [4.78, 5) is 14.9. The van der Waals surface area contributed by atoms with E-state index in [4.69, 9.17) is 28.4 Å². The van der Waals surface area contributed by atoms with E-state index in [1.165, 1.54) is 5.57 Å². The number of aliphatic hydroxyl groups excluding tert-OH is 11. The van der Waals surface area contributed by atoms with Gasteiger partial charge in [0.1, 0.15) is 67.1 Å². The van der Waals surface area contributed by atoms with Crippen molar-refractivity contribution in [3.63, 3.8) is 0 Å². The van der Waals surface area contributed by atoms with Crippen molar-refractivity contribution in [3.8, 4) is 0 Å². The first-order valence-corrected chi connectivity index (χ1v) is 23.9. The van der Waals surface area contributed by atoms with Crippen LogP contribution >= 0.6 is 0 Å². The van der Waals surface area contributed by atoms with Crippen molar-refractivity contribution in [2.24, 2.45) is 50.2 Å². The summed E-state index contributed by atoms with van der Waals surface area (Å²) < 4.78 is 35.2. The van der Waals surface area contributed by atoms with E-state index in [-0.39, 0.29) is 52.6 Å². The molecule has 7 fully saturated rings. The summed E-state index contributed by atoms with van der Waals surface area (Å²) in [6.07, 6.45) is -12.5. The van der Waals surface area contributed by atoms with Gasteiger partial charge in [-0.2, -0.15) is 0 Å². The van der Waals surface area contributed by atoms with Crippen LogP contribution in [0.3, 0.4) is 0 Å². The summed E-state index contributed by atoms with van der Waals surface area (Å²) >= 11 is 0. The van der Waals surface area contributed by atoms with Crippen molar-refractivity contribution in [2.75, 3.05) is 26.4 Å². The third-order valence-corrected chi connectivity index (χ3v) is 19.0. The molecule has 8 rings (SSSR count). The van der Waals surface area contributed by atoms with Crippen LogP contribution in [0.25, 0.3) is 0 Å². The summed E-state index contributed by atoms with van der Waals surface area (Å²) in [5.41, 5.74) is -1.23. The minimum atomic E-state index is -1.81. The maximum absolute atomic E-state index is 14.9. The lowest BCUT2D eigenvalue weighted by Gasteiger charge is -2.71. The molecule has 23 atom stereocenters. The lowest BCUT2D eigenvalue weighted by atomic mass is 9.33. The largest absolute Gasteiger partial charge is 0.432 e. The topological polar surface area (TPSA) is 295 Å². The smallest absolute Gasteiger partial charge is 0.315 e. The van der Waals surface area contributed by atoms with Crippen molar-refractivity contribution in [2.45, 2.75) is 198 Å². The van der Waals surface area contributed by atoms with Crippen LogP contribution in [0.4, 0.5) is 0 Å². The Kier molecular flexibility index (Phi) is 13.7. The van der Waals surface area contributed by atoms with Gasteiger partial charge < -0.3 is 84.6 Å². The molecule has 0 radical (unpaired) electrons. The minimum absolute atomic E-state index is 0.0557. The number of hydrogen-bond acceptors (Lipinski definition) is 18. The van der Waals surface area contributed by atoms with Crippen LogP contribution in [-0.4, -0.2) is 181 Å². The van der Waals surface area contributed by atoms with Gasteiger partial charge in [-0.1, -0.05) is 53.2 Å². The average Bonchev–Trinajstić information content (AvgIpc) is 3.26. The van der Waals surface area contributed by atoms with Crippen LogP contribution in [0.1, 0.15) is 106 Å². The molecule has 372 valence electrons. The van der Waals surface area contributed by atoms with Gasteiger partial charge in [-0.3, -0.25) is 4.79 Å². The molecule has 3 heterocycles. The highest BCUT2D eigenvalue weighted by atomic mass is 16.7. The molecular weight excluding hydrogens is 852 g/mol. The Morgan fingerprint density at radius 2 is 1.32 bits per heavy atom. The molecule has 65 heavy (non-hydrogen) atoms. The number of hydrogen-bond donors (Lipinski definition) is 11. The van der Waals surface area contributed by atoms with E-state index in [2.05, 4.69) is 47.6 Å². The molecule has 3 saturated heterocycles. The van der Waals surface area contributed by atoms with Gasteiger partial charge in [0.05, 0.1) is 37.9 Å². The maximum Gasteiger partial charge on any atom is 0.315 e. The highest BCUT2D eigenvalue weighted by molar-refractivity contribution is 5.79. The SMILES string of the molecule is CC1(C)CC[C@]2(C(=O)O[C@@H]3O[C@H](CO[C@@H]4O[C@H](CO)[C@@H](O)[C@H](O)[C@H]4O)[C@@H](O)[C@H](O)[C@H]3O)CC[C@]3(C)C(=CC[C@@H]4[C@@]5(C)CCC(O[C@@H]6OC[C@H](O)[C@H](O)[C@H]6O)[C@@](C)(CO)[C@@H]5CC[C@]43C)[C@@H]2C1. The van der Waals surface area contributed by atoms with Crippen LogP contribution in [-0.2, 0) is 33.2 Å². The third kappa shape index (κ3) is 7.89. The van der Waals surface area contributed by atoms with Gasteiger partial charge in [0.2, 0.25) is 6.29 Å². The molecule has 0 aromatic rings. The highest BCUT2D eigenvalue weighted by Gasteiger charge is 2.70. The minimum Gasteiger partial charge on any atom is -0.432 e. The predicted molar refractivity (Wildman–Crippen MR) is 226 cm³/mol. The van der Waals surface area contributed by atoms with Gasteiger partial charge in [-0.25, -0.2) is 0 Å². The van der Waals surface area contributed by atoms with Gasteiger partial charge in [-0.05, 0) is 104 Å². The first-order valence-electron chi connectivity index (χ1n) is 23.9. The van der Waals surface area contributed by atoms with Crippen LogP contribution < -0.4 is 0 Å². The predicted octanol–water partition coefficient (Wildman–Crippen LogP) is -0.248. The second-order valence-electron chi connectivity index (χ2n) is 22.9. The van der Waals surface area contributed by atoms with Crippen molar-refractivity contribution in [1.29, 1.82) is 0 Å². The molecule has 3 aliphatic heterocycles. The Labute approximate surface area is 380 Å². The number of carbonyl (C=O) groups is 1. The Morgan fingerprint density at radius 3 is 2.00 bits per heavy atom. The zero-order valence-corrected chi connectivity index (χ0v) is 38.6. The van der Waals surface area contributed by atoms with Gasteiger partial charge in [-0.15, -0.1) is 0 Å². The molecule has 1 unspecified atom stereocenters. The third-order valence-electron chi connectivity index (χ3n) is 19.0. The Balaban J connectivity index is 1.02. The second-order valence-corrected chi connectivity index (χ2v) is 22.9. The van der Waals surface area contributed by atoms with Crippen molar-refractivity contribution < 1.29 is 89.4 Å². The zero-order valence-electron chi connectivity index (χ0n) is 38.6. The van der Waals surface area contributed by atoms with E-state index >= 15 is 0 Å². The second kappa shape index (κ2) is 17.8. The molecule has 8 aliphatic rings. The molecule has 0 aromatic heterocycles. The monoisotopic (exact) mass is 929 g/mol. The molecule has 0 amide bonds. The standard InChI is InChI=1S/C47H76O18/c1-42(2)13-15-47(41(59)65-40-37(58)34(55)32(53)26(63-40)20-61-38-36(57)33(54)31(52)25(18-48)62-38)16-14-45(5)22(23(47)17-42)7-8-28-43(3)11-10-29(64-39-35(56)30(51)24(50)19-60-39)44(4,21-49)27(43)9-12-46(28,45)6/h7,23-40,48-58H,8-21H2,1-6H3/t23-,24-,25+,26+,27+,28+,29?,30-,31+,32+,33-,34-,35+,36+,37+,38+,39-,40-,43-,44-,45+,46+,47-/m0/s1. The Bertz CT molecular complexity index is 1760. The summed E-state index contributed by atoms with van der Waals surface area (Å²) in [5.74, 6) is -0.485. The molecule has 18 nitrogen and oxygen atoms in total. The fraction of sp³-hybridized carbons (Fsp3) is 0.936. The van der Waals surface area contributed by atoms with E-state index in [1.807, 2.05) is 0 Å². The first-order chi connectivity index (χ1) is 30.4. The molecular formula is C47H76O18. The number of allylic oxidation sites excluding steroid dienone is 2. The van der Waals surface area contributed by atoms with Crippen LogP contribution in [0, 0.1) is 50.2 Å². The number of rotatable bonds is 9. The summed E-state index contributed by atoms with van der Waals surface area (Å²) in [6.45, 7) is 12.1. The van der Waals surface area contributed by atoms with Crippen molar-refractivity contribution in [3.05, 3.63) is 11.6 Å². The summed E-state index contributed by atoms with van der Waals surface area (Å²) in [6, 6.07) is 0. The summed E-state index contributed by atoms with van der Waals surface area (Å²) in [7, 11) is 0. The van der Waals surface area contributed by atoms with Gasteiger partial charge in [0, 0.05) is 5.41 Å². The summed E-state index contributed by atoms with van der Waals surface area (Å²) in [5, 5.41) is 116. The van der Waals surface area contributed by atoms with E-state index in [9.17, 15) is 61.0 Å². The van der Waals surface area contributed by atoms with Gasteiger partial charge >= 0.3 is 5.97 Å². The van der Waals surface area contributed by atoms with Crippen molar-refractivity contribution >= 4 is 5.97 Å². The molecule has 0 spiro atoms. The zero-order chi connectivity index (χ0) is 47.4. The lowest BCUT2D eigenvalue weighted by molar-refractivity contribution is -0.328. The molecule has 0 bridgehead atoms. The fourth-order valence-corrected chi connectivity index (χ4v) is 14.7. The number of fused-ring (bicyclic) bond motifs is 7. The van der Waals surface area contributed by atoms with Gasteiger partial charge in [0.25, 0.3) is 0 Å². The lowest BCUT2D eigenvalue weighted by Crippen LogP contribution is -2.67. The van der Waals surface area contributed by atoms with Crippen LogP contribution in [0.5, 0.6) is 0 Å². The Hall–Kier alpha value is -1.43. The number of carbonyl (C=O) groups excluding carboxylic acids is 1. The normalized spacial score (nSPS) is 54.3. The van der Waals surface area contributed by atoms with E-state index in [0.717, 1.165) is 38.5 Å². The van der Waals surface area contributed by atoms with E-state index < -0.39 is 122 Å². The van der Waals surface area contributed by atoms with Crippen LogP contribution in [0.2, 0.25) is 0 Å². The van der Waals surface area contributed by atoms with Crippen LogP contribution in [0.15, 0.2) is 11.6 Å². The molecule has 11 N–H and O–H groups in total. The number of ether oxygens (including phenoxy) is 6. The highest BCUT2D eigenvalue weighted by Crippen LogP contribution is 2.76. The quantitative estimate of drug-likeness (QED) is 0.0808. The maximum atomic E-state index is 14.9. The average molecular weight is 929 g/mol. The molecule has 4 saturated carbocycles. The number of aliphatic hydroxyl groups is 11. The Morgan fingerprint density at radius 1 is 0.692 bits per heavy atom. The number of esters is 1. The van der Waals surface area contributed by atoms with E-state index in [0.29, 0.717) is 25.7 Å².